The highest BCUT2D eigenvalue weighted by atomic mass is 14.9. The zero-order valence-electron chi connectivity index (χ0n) is 10.6. The summed E-state index contributed by atoms with van der Waals surface area (Å²) < 4.78 is 0. The van der Waals surface area contributed by atoms with Crippen LogP contribution in [-0.2, 0) is 0 Å². The lowest BCUT2D eigenvalue weighted by molar-refractivity contribution is -0.281. The molecule has 0 radical (unpaired) electrons. The van der Waals surface area contributed by atoms with Crippen LogP contribution in [0.2, 0.25) is 0 Å². The molecule has 0 heteroatoms. The van der Waals surface area contributed by atoms with Crippen molar-refractivity contribution in [2.45, 2.75) is 47.0 Å². The topological polar surface area (TPSA) is 0 Å². The molecule has 0 aromatic carbocycles. The van der Waals surface area contributed by atoms with Gasteiger partial charge < -0.3 is 0 Å². The van der Waals surface area contributed by atoms with Crippen molar-refractivity contribution in [1.29, 1.82) is 0 Å². The fourth-order valence-corrected chi connectivity index (χ4v) is 7.15. The fourth-order valence-electron chi connectivity index (χ4n) is 7.15. The zero-order valence-corrected chi connectivity index (χ0v) is 10.6. The van der Waals surface area contributed by atoms with E-state index in [-0.39, 0.29) is 0 Å². The van der Waals surface area contributed by atoms with Crippen molar-refractivity contribution in [2.24, 2.45) is 46.3 Å². The molecule has 0 saturated heterocycles. The Morgan fingerprint density at radius 3 is 2.60 bits per heavy atom. The Hall–Kier alpha value is 0. The first-order valence-electron chi connectivity index (χ1n) is 7.09. The van der Waals surface area contributed by atoms with Crippen molar-refractivity contribution in [1.82, 2.24) is 0 Å². The van der Waals surface area contributed by atoms with Gasteiger partial charge in [-0.15, -0.1) is 0 Å². The Bertz CT molecular complexity index is 333. The maximum atomic E-state index is 2.64. The summed E-state index contributed by atoms with van der Waals surface area (Å²) in [5.41, 5.74) is 1.62. The monoisotopic (exact) mass is 204 g/mol. The van der Waals surface area contributed by atoms with Crippen LogP contribution in [0.3, 0.4) is 0 Å². The Morgan fingerprint density at radius 2 is 1.93 bits per heavy atom. The van der Waals surface area contributed by atoms with Gasteiger partial charge in [0.2, 0.25) is 0 Å². The molecule has 0 aromatic rings. The van der Waals surface area contributed by atoms with Gasteiger partial charge in [0.15, 0.2) is 0 Å². The molecule has 15 heavy (non-hydrogen) atoms. The summed E-state index contributed by atoms with van der Waals surface area (Å²) in [5.74, 6) is 6.60. The Morgan fingerprint density at radius 1 is 1.20 bits per heavy atom. The largest absolute Gasteiger partial charge is 0.0651 e. The SMILES string of the molecule is CCC1CC2C3CC4(C(C)C(C)C34C)C12. The predicted octanol–water partition coefficient (Wildman–Crippen LogP) is 3.96. The van der Waals surface area contributed by atoms with Crippen LogP contribution in [-0.4, -0.2) is 0 Å². The molecular weight excluding hydrogens is 180 g/mol. The third-order valence-electron chi connectivity index (χ3n) is 8.02. The molecule has 0 heterocycles. The molecule has 0 N–H and O–H groups in total. The quantitative estimate of drug-likeness (QED) is 0.606. The normalized spacial score (nSPS) is 73.6. The molecule has 84 valence electrons. The van der Waals surface area contributed by atoms with Crippen molar-refractivity contribution < 1.29 is 0 Å². The molecular formula is C15H24. The molecule has 2 bridgehead atoms. The molecule has 0 nitrogen and oxygen atoms in total. The second kappa shape index (κ2) is 2.17. The highest BCUT2D eigenvalue weighted by Crippen LogP contribution is 2.92. The summed E-state index contributed by atoms with van der Waals surface area (Å²) in [6, 6.07) is 0. The molecule has 4 aliphatic carbocycles. The molecule has 0 aromatic heterocycles. The average molecular weight is 204 g/mol. The van der Waals surface area contributed by atoms with Gasteiger partial charge in [-0.25, -0.2) is 0 Å². The standard InChI is InChI=1S/C15H24/c1-5-10-6-11-12-7-15(13(10)11)9(3)8(2)14(12,15)4/h8-13H,5-7H2,1-4H3. The van der Waals surface area contributed by atoms with Gasteiger partial charge in [-0.2, -0.15) is 0 Å². The molecule has 4 fully saturated rings. The van der Waals surface area contributed by atoms with Crippen molar-refractivity contribution >= 4 is 0 Å². The lowest BCUT2D eigenvalue weighted by Crippen LogP contribution is -2.70. The van der Waals surface area contributed by atoms with E-state index in [1.54, 1.807) is 12.8 Å². The second-order valence-electron chi connectivity index (χ2n) is 7.30. The van der Waals surface area contributed by atoms with Crippen molar-refractivity contribution in [3.05, 3.63) is 0 Å². The Labute approximate surface area is 93.8 Å². The molecule has 8 atom stereocenters. The molecule has 0 amide bonds. The van der Waals surface area contributed by atoms with Crippen LogP contribution < -0.4 is 0 Å². The minimum absolute atomic E-state index is 0.783. The van der Waals surface area contributed by atoms with E-state index in [9.17, 15) is 0 Å². The van der Waals surface area contributed by atoms with Crippen LogP contribution >= 0.6 is 0 Å². The second-order valence-corrected chi connectivity index (χ2v) is 7.30. The minimum atomic E-state index is 0.783. The highest BCUT2D eigenvalue weighted by Gasteiger charge is 2.87. The van der Waals surface area contributed by atoms with Gasteiger partial charge in [0, 0.05) is 0 Å². The van der Waals surface area contributed by atoms with E-state index in [2.05, 4.69) is 27.7 Å². The predicted molar refractivity (Wildman–Crippen MR) is 62.4 cm³/mol. The van der Waals surface area contributed by atoms with Crippen molar-refractivity contribution in [3.8, 4) is 0 Å². The lowest BCUT2D eigenvalue weighted by atomic mass is 9.29. The van der Waals surface area contributed by atoms with Crippen LogP contribution in [0, 0.1) is 46.3 Å². The number of hydrogen-bond acceptors (Lipinski definition) is 0. The first-order valence-corrected chi connectivity index (χ1v) is 7.09. The van der Waals surface area contributed by atoms with Crippen LogP contribution in [0.5, 0.6) is 0 Å². The summed E-state index contributed by atoms with van der Waals surface area (Å²) in [5, 5.41) is 0. The van der Waals surface area contributed by atoms with E-state index in [1.807, 2.05) is 0 Å². The smallest absolute Gasteiger partial charge is 0.0173 e. The third kappa shape index (κ3) is 0.560. The van der Waals surface area contributed by atoms with Gasteiger partial charge in [-0.3, -0.25) is 0 Å². The third-order valence-corrected chi connectivity index (χ3v) is 8.02. The van der Waals surface area contributed by atoms with E-state index < -0.39 is 0 Å². The van der Waals surface area contributed by atoms with Gasteiger partial charge in [-0.1, -0.05) is 34.1 Å². The van der Waals surface area contributed by atoms with Crippen LogP contribution in [0.15, 0.2) is 0 Å². The first-order chi connectivity index (χ1) is 7.09. The van der Waals surface area contributed by atoms with Gasteiger partial charge in [0.1, 0.15) is 0 Å². The van der Waals surface area contributed by atoms with E-state index in [0.29, 0.717) is 0 Å². The molecule has 4 rings (SSSR count). The van der Waals surface area contributed by atoms with E-state index in [0.717, 1.165) is 46.3 Å². The van der Waals surface area contributed by atoms with E-state index in [1.165, 1.54) is 6.42 Å². The number of rotatable bonds is 1. The lowest BCUT2D eigenvalue weighted by Gasteiger charge is -2.75. The molecule has 4 aliphatic rings. The molecule has 0 spiro atoms. The van der Waals surface area contributed by atoms with E-state index in [4.69, 9.17) is 0 Å². The summed E-state index contributed by atoms with van der Waals surface area (Å²) in [6.45, 7) is 10.1. The first kappa shape index (κ1) is 9.07. The van der Waals surface area contributed by atoms with Gasteiger partial charge >= 0.3 is 0 Å². The molecule has 0 aliphatic heterocycles. The van der Waals surface area contributed by atoms with Crippen molar-refractivity contribution in [2.75, 3.05) is 0 Å². The van der Waals surface area contributed by atoms with Crippen molar-refractivity contribution in [3.63, 3.8) is 0 Å². The van der Waals surface area contributed by atoms with Crippen LogP contribution in [0.4, 0.5) is 0 Å². The summed E-state index contributed by atoms with van der Waals surface area (Å²) in [4.78, 5) is 0. The van der Waals surface area contributed by atoms with Gasteiger partial charge in [0.25, 0.3) is 0 Å². The number of hydrogen-bond donors (Lipinski definition) is 0. The van der Waals surface area contributed by atoms with Gasteiger partial charge in [0.05, 0.1) is 0 Å². The zero-order chi connectivity index (χ0) is 10.6. The molecule has 4 saturated carbocycles. The summed E-state index contributed by atoms with van der Waals surface area (Å²) >= 11 is 0. The highest BCUT2D eigenvalue weighted by molar-refractivity contribution is 5.34. The molecule has 8 unspecified atom stereocenters. The Balaban J connectivity index is 1.77. The summed E-state index contributed by atoms with van der Waals surface area (Å²) in [7, 11) is 0. The summed E-state index contributed by atoms with van der Waals surface area (Å²) in [6.07, 6.45) is 4.65. The van der Waals surface area contributed by atoms with Crippen LogP contribution in [0.25, 0.3) is 0 Å². The minimum Gasteiger partial charge on any atom is -0.0651 e. The van der Waals surface area contributed by atoms with Crippen LogP contribution in [0.1, 0.15) is 47.0 Å². The Kier molecular flexibility index (Phi) is 1.31. The van der Waals surface area contributed by atoms with E-state index >= 15 is 0 Å². The fraction of sp³-hybridized carbons (Fsp3) is 1.00. The van der Waals surface area contributed by atoms with Gasteiger partial charge in [-0.05, 0) is 59.2 Å². The maximum absolute atomic E-state index is 2.64. The number of fused-ring (bicyclic) bond motifs is 2. The average Bonchev–Trinajstić information content (AvgIpc) is 2.55. The maximum Gasteiger partial charge on any atom is -0.0173 e.